The molecule has 0 amide bonds. The lowest BCUT2D eigenvalue weighted by molar-refractivity contribution is -0.144. The van der Waals surface area contributed by atoms with Gasteiger partial charge in [-0.2, -0.15) is 0 Å². The van der Waals surface area contributed by atoms with E-state index in [1.54, 1.807) is 11.9 Å². The summed E-state index contributed by atoms with van der Waals surface area (Å²) >= 11 is 0. The first-order valence-electron chi connectivity index (χ1n) is 5.52. The SMILES string of the molecule is COCC(C(=O)O)N(C)Cc1ccc(C)cc1. The second-order valence-electron chi connectivity index (χ2n) is 4.21. The van der Waals surface area contributed by atoms with Gasteiger partial charge < -0.3 is 9.84 Å². The maximum absolute atomic E-state index is 11.1. The summed E-state index contributed by atoms with van der Waals surface area (Å²) < 4.78 is 4.92. The average Bonchev–Trinajstić information content (AvgIpc) is 2.28. The van der Waals surface area contributed by atoms with Gasteiger partial charge in [0.1, 0.15) is 6.04 Å². The standard InChI is InChI=1S/C13H19NO3/c1-10-4-6-11(7-5-10)8-14(2)12(9-17-3)13(15)16/h4-7,12H,8-9H2,1-3H3,(H,15,16). The van der Waals surface area contributed by atoms with E-state index in [-0.39, 0.29) is 6.61 Å². The van der Waals surface area contributed by atoms with Crippen LogP contribution >= 0.6 is 0 Å². The smallest absolute Gasteiger partial charge is 0.323 e. The molecule has 0 bridgehead atoms. The number of hydrogen-bond donors (Lipinski definition) is 1. The van der Waals surface area contributed by atoms with Gasteiger partial charge in [-0.15, -0.1) is 0 Å². The molecule has 94 valence electrons. The molecular weight excluding hydrogens is 218 g/mol. The molecule has 1 unspecified atom stereocenters. The number of ether oxygens (including phenoxy) is 1. The van der Waals surface area contributed by atoms with Gasteiger partial charge in [0, 0.05) is 13.7 Å². The lowest BCUT2D eigenvalue weighted by Crippen LogP contribution is -2.41. The number of likely N-dealkylation sites (N-methyl/N-ethyl adjacent to an activating group) is 1. The topological polar surface area (TPSA) is 49.8 Å². The molecule has 1 rings (SSSR count). The molecule has 0 aliphatic carbocycles. The van der Waals surface area contributed by atoms with Crippen molar-refractivity contribution >= 4 is 5.97 Å². The lowest BCUT2D eigenvalue weighted by atomic mass is 10.1. The molecule has 0 saturated heterocycles. The number of hydrogen-bond acceptors (Lipinski definition) is 3. The third kappa shape index (κ3) is 4.17. The van der Waals surface area contributed by atoms with Gasteiger partial charge in [-0.1, -0.05) is 29.8 Å². The van der Waals surface area contributed by atoms with Crippen LogP contribution in [-0.2, 0) is 16.1 Å². The van der Waals surface area contributed by atoms with Crippen LogP contribution in [0.25, 0.3) is 0 Å². The first-order chi connectivity index (χ1) is 8.04. The molecule has 0 fully saturated rings. The minimum atomic E-state index is -0.860. The number of nitrogens with zero attached hydrogens (tertiary/aromatic N) is 1. The van der Waals surface area contributed by atoms with Crippen molar-refractivity contribution in [3.63, 3.8) is 0 Å². The Bertz CT molecular complexity index is 361. The Labute approximate surface area is 102 Å². The van der Waals surface area contributed by atoms with Crippen LogP contribution in [0.4, 0.5) is 0 Å². The first-order valence-corrected chi connectivity index (χ1v) is 5.52. The quantitative estimate of drug-likeness (QED) is 0.815. The van der Waals surface area contributed by atoms with Gasteiger partial charge in [-0.3, -0.25) is 9.69 Å². The monoisotopic (exact) mass is 237 g/mol. The Morgan fingerprint density at radius 3 is 2.47 bits per heavy atom. The maximum Gasteiger partial charge on any atom is 0.323 e. The van der Waals surface area contributed by atoms with Crippen molar-refractivity contribution in [2.45, 2.75) is 19.5 Å². The number of rotatable bonds is 6. The Balaban J connectivity index is 2.66. The van der Waals surface area contributed by atoms with Gasteiger partial charge in [0.05, 0.1) is 6.61 Å². The van der Waals surface area contributed by atoms with Gasteiger partial charge in [0.15, 0.2) is 0 Å². The van der Waals surface area contributed by atoms with E-state index in [0.29, 0.717) is 6.54 Å². The van der Waals surface area contributed by atoms with E-state index in [9.17, 15) is 4.79 Å². The highest BCUT2D eigenvalue weighted by molar-refractivity contribution is 5.73. The fourth-order valence-corrected chi connectivity index (χ4v) is 1.64. The highest BCUT2D eigenvalue weighted by atomic mass is 16.5. The zero-order chi connectivity index (χ0) is 12.8. The third-order valence-corrected chi connectivity index (χ3v) is 2.69. The molecule has 4 heteroatoms. The highest BCUT2D eigenvalue weighted by Crippen LogP contribution is 2.08. The summed E-state index contributed by atoms with van der Waals surface area (Å²) in [6.07, 6.45) is 0. The number of carboxylic acid groups (broad SMARTS) is 1. The molecule has 17 heavy (non-hydrogen) atoms. The van der Waals surface area contributed by atoms with Crippen LogP contribution in [0.2, 0.25) is 0 Å². The van der Waals surface area contributed by atoms with E-state index >= 15 is 0 Å². The summed E-state index contributed by atoms with van der Waals surface area (Å²) in [5.41, 5.74) is 2.29. The normalized spacial score (nSPS) is 12.7. The third-order valence-electron chi connectivity index (χ3n) is 2.69. The fraction of sp³-hybridized carbons (Fsp3) is 0.462. The van der Waals surface area contributed by atoms with Crippen molar-refractivity contribution < 1.29 is 14.6 Å². The number of carboxylic acids is 1. The van der Waals surface area contributed by atoms with Crippen molar-refractivity contribution in [1.82, 2.24) is 4.90 Å². The second-order valence-corrected chi connectivity index (χ2v) is 4.21. The lowest BCUT2D eigenvalue weighted by Gasteiger charge is -2.23. The highest BCUT2D eigenvalue weighted by Gasteiger charge is 2.22. The maximum atomic E-state index is 11.1. The van der Waals surface area contributed by atoms with Crippen molar-refractivity contribution in [2.24, 2.45) is 0 Å². The van der Waals surface area contributed by atoms with Gasteiger partial charge in [0.2, 0.25) is 0 Å². The van der Waals surface area contributed by atoms with Crippen LogP contribution in [-0.4, -0.2) is 42.8 Å². The summed E-state index contributed by atoms with van der Waals surface area (Å²) in [7, 11) is 3.30. The van der Waals surface area contributed by atoms with Gasteiger partial charge >= 0.3 is 5.97 Å². The Hall–Kier alpha value is -1.39. The largest absolute Gasteiger partial charge is 0.480 e. The van der Waals surface area contributed by atoms with E-state index in [4.69, 9.17) is 9.84 Å². The van der Waals surface area contributed by atoms with E-state index < -0.39 is 12.0 Å². The summed E-state index contributed by atoms with van der Waals surface area (Å²) in [6.45, 7) is 2.82. The van der Waals surface area contributed by atoms with Crippen LogP contribution in [0.5, 0.6) is 0 Å². The zero-order valence-electron chi connectivity index (χ0n) is 10.5. The molecule has 0 radical (unpaired) electrons. The Kier molecular flexibility index (Phi) is 5.12. The number of carbonyl (C=O) groups is 1. The second kappa shape index (κ2) is 6.37. The van der Waals surface area contributed by atoms with Gasteiger partial charge in [-0.25, -0.2) is 0 Å². The van der Waals surface area contributed by atoms with Crippen molar-refractivity contribution in [3.05, 3.63) is 35.4 Å². The summed E-state index contributed by atoms with van der Waals surface area (Å²) in [4.78, 5) is 12.8. The molecule has 4 nitrogen and oxygen atoms in total. The average molecular weight is 237 g/mol. The van der Waals surface area contributed by atoms with Crippen LogP contribution < -0.4 is 0 Å². The molecule has 1 aromatic rings. The van der Waals surface area contributed by atoms with Crippen LogP contribution in [0, 0.1) is 6.92 Å². The molecular formula is C13H19NO3. The zero-order valence-corrected chi connectivity index (χ0v) is 10.5. The predicted molar refractivity (Wildman–Crippen MR) is 65.9 cm³/mol. The Morgan fingerprint density at radius 2 is 2.00 bits per heavy atom. The van der Waals surface area contributed by atoms with E-state index in [1.165, 1.54) is 12.7 Å². The van der Waals surface area contributed by atoms with Crippen molar-refractivity contribution in [3.8, 4) is 0 Å². The van der Waals surface area contributed by atoms with Gasteiger partial charge in [-0.05, 0) is 19.5 Å². The van der Waals surface area contributed by atoms with E-state index in [0.717, 1.165) is 5.56 Å². The number of benzene rings is 1. The summed E-state index contributed by atoms with van der Waals surface area (Å²) in [5.74, 6) is -0.860. The van der Waals surface area contributed by atoms with Crippen molar-refractivity contribution in [1.29, 1.82) is 0 Å². The minimum Gasteiger partial charge on any atom is -0.480 e. The van der Waals surface area contributed by atoms with E-state index in [2.05, 4.69) is 0 Å². The molecule has 0 aliphatic rings. The van der Waals surface area contributed by atoms with Crippen molar-refractivity contribution in [2.75, 3.05) is 20.8 Å². The summed E-state index contributed by atoms with van der Waals surface area (Å²) in [6, 6.07) is 7.46. The first kappa shape index (κ1) is 13.7. The predicted octanol–water partition coefficient (Wildman–Crippen LogP) is 1.53. The molecule has 0 aromatic heterocycles. The van der Waals surface area contributed by atoms with Crippen LogP contribution in [0.3, 0.4) is 0 Å². The van der Waals surface area contributed by atoms with Crippen LogP contribution in [0.15, 0.2) is 24.3 Å². The molecule has 0 aliphatic heterocycles. The molecule has 0 heterocycles. The Morgan fingerprint density at radius 1 is 1.41 bits per heavy atom. The number of aliphatic carboxylic acids is 1. The molecule has 1 N–H and O–H groups in total. The molecule has 0 saturated carbocycles. The molecule has 0 spiro atoms. The van der Waals surface area contributed by atoms with E-state index in [1.807, 2.05) is 31.2 Å². The molecule has 1 aromatic carbocycles. The van der Waals surface area contributed by atoms with Crippen LogP contribution in [0.1, 0.15) is 11.1 Å². The minimum absolute atomic E-state index is 0.192. The summed E-state index contributed by atoms with van der Waals surface area (Å²) in [5, 5.41) is 9.08. The van der Waals surface area contributed by atoms with Gasteiger partial charge in [0.25, 0.3) is 0 Å². The fourth-order valence-electron chi connectivity index (χ4n) is 1.64. The number of aryl methyl sites for hydroxylation is 1. The number of methoxy groups -OCH3 is 1. The molecule has 1 atom stereocenters.